The minimum atomic E-state index is -3.27. The molecule has 7 heteroatoms. The van der Waals surface area contributed by atoms with Gasteiger partial charge in [-0.1, -0.05) is 36.8 Å². The minimum Gasteiger partial charge on any atom is -0.296 e. The SMILES string of the molecule is Cc1cccc(CN2CCN(S(=O)(=O)N3CCC(C)CC3)CC2)c1.Cl. The maximum Gasteiger partial charge on any atom is 0.282 e. The summed E-state index contributed by atoms with van der Waals surface area (Å²) in [5.74, 6) is 0.641. The quantitative estimate of drug-likeness (QED) is 0.797. The molecule has 0 aliphatic carbocycles. The first-order valence-electron chi connectivity index (χ1n) is 8.98. The Hall–Kier alpha value is -0.660. The van der Waals surface area contributed by atoms with E-state index in [1.807, 2.05) is 0 Å². The van der Waals surface area contributed by atoms with Crippen LogP contribution in [0.5, 0.6) is 0 Å². The molecule has 2 aliphatic heterocycles. The molecule has 3 rings (SSSR count). The Morgan fingerprint density at radius 3 is 2.20 bits per heavy atom. The van der Waals surface area contributed by atoms with Gasteiger partial charge in [-0.15, -0.1) is 12.4 Å². The maximum absolute atomic E-state index is 12.8. The van der Waals surface area contributed by atoms with E-state index in [-0.39, 0.29) is 12.4 Å². The lowest BCUT2D eigenvalue weighted by Crippen LogP contribution is -2.53. The number of piperidine rings is 1. The summed E-state index contributed by atoms with van der Waals surface area (Å²) >= 11 is 0. The van der Waals surface area contributed by atoms with Gasteiger partial charge in [0, 0.05) is 45.8 Å². The number of nitrogens with zero attached hydrogens (tertiary/aromatic N) is 3. The van der Waals surface area contributed by atoms with Crippen LogP contribution in [0.25, 0.3) is 0 Å². The molecule has 1 aromatic carbocycles. The zero-order chi connectivity index (χ0) is 17.2. The van der Waals surface area contributed by atoms with Crippen LogP contribution in [0.4, 0.5) is 0 Å². The van der Waals surface area contributed by atoms with Crippen LogP contribution < -0.4 is 0 Å². The summed E-state index contributed by atoms with van der Waals surface area (Å²) in [7, 11) is -3.27. The molecule has 1 aromatic rings. The van der Waals surface area contributed by atoms with Gasteiger partial charge in [0.05, 0.1) is 0 Å². The minimum absolute atomic E-state index is 0. The van der Waals surface area contributed by atoms with Crippen molar-refractivity contribution < 1.29 is 8.42 Å². The third-order valence-corrected chi connectivity index (χ3v) is 7.25. The van der Waals surface area contributed by atoms with Crippen LogP contribution >= 0.6 is 12.4 Å². The van der Waals surface area contributed by atoms with Crippen LogP contribution in [-0.2, 0) is 16.8 Å². The van der Waals surface area contributed by atoms with Gasteiger partial charge in [-0.05, 0) is 31.2 Å². The van der Waals surface area contributed by atoms with Crippen molar-refractivity contribution in [3.63, 3.8) is 0 Å². The molecule has 2 aliphatic rings. The van der Waals surface area contributed by atoms with Gasteiger partial charge in [0.2, 0.25) is 0 Å². The predicted molar refractivity (Wildman–Crippen MR) is 104 cm³/mol. The molecule has 5 nitrogen and oxygen atoms in total. The molecule has 2 heterocycles. The molecule has 2 saturated heterocycles. The number of benzene rings is 1. The number of hydrogen-bond acceptors (Lipinski definition) is 3. The molecular weight excluding hydrogens is 358 g/mol. The Bertz CT molecular complexity index is 652. The highest BCUT2D eigenvalue weighted by molar-refractivity contribution is 7.86. The highest BCUT2D eigenvalue weighted by atomic mass is 35.5. The van der Waals surface area contributed by atoms with Crippen LogP contribution in [0, 0.1) is 12.8 Å². The molecule has 0 saturated carbocycles. The van der Waals surface area contributed by atoms with Crippen molar-refractivity contribution in [2.75, 3.05) is 39.3 Å². The summed E-state index contributed by atoms with van der Waals surface area (Å²) in [4.78, 5) is 2.35. The number of aryl methyl sites for hydroxylation is 1. The molecule has 142 valence electrons. The average molecular weight is 388 g/mol. The van der Waals surface area contributed by atoms with E-state index in [0.29, 0.717) is 32.1 Å². The Labute approximate surface area is 158 Å². The number of hydrogen-bond donors (Lipinski definition) is 0. The second kappa shape index (κ2) is 8.82. The highest BCUT2D eigenvalue weighted by Crippen LogP contribution is 2.22. The summed E-state index contributed by atoms with van der Waals surface area (Å²) < 4.78 is 28.9. The largest absolute Gasteiger partial charge is 0.296 e. The van der Waals surface area contributed by atoms with Crippen molar-refractivity contribution >= 4 is 22.6 Å². The van der Waals surface area contributed by atoms with Crippen LogP contribution in [0.1, 0.15) is 30.9 Å². The van der Waals surface area contributed by atoms with Crippen LogP contribution in [0.3, 0.4) is 0 Å². The summed E-state index contributed by atoms with van der Waals surface area (Å²) in [5.41, 5.74) is 2.57. The molecule has 0 unspecified atom stereocenters. The van der Waals surface area contributed by atoms with Crippen LogP contribution in [0.15, 0.2) is 24.3 Å². The van der Waals surface area contributed by atoms with Gasteiger partial charge in [0.1, 0.15) is 0 Å². The van der Waals surface area contributed by atoms with Gasteiger partial charge in [-0.2, -0.15) is 17.0 Å². The van der Waals surface area contributed by atoms with E-state index in [2.05, 4.69) is 43.0 Å². The first kappa shape index (κ1) is 20.6. The summed E-state index contributed by atoms with van der Waals surface area (Å²) in [6, 6.07) is 8.54. The third-order valence-electron chi connectivity index (χ3n) is 5.22. The van der Waals surface area contributed by atoms with E-state index >= 15 is 0 Å². The zero-order valence-electron chi connectivity index (χ0n) is 15.2. The predicted octanol–water partition coefficient (Wildman–Crippen LogP) is 2.51. The first-order chi connectivity index (χ1) is 11.4. The molecule has 0 radical (unpaired) electrons. The van der Waals surface area contributed by atoms with Gasteiger partial charge >= 0.3 is 0 Å². The number of rotatable bonds is 4. The van der Waals surface area contributed by atoms with Crippen molar-refractivity contribution in [3.05, 3.63) is 35.4 Å². The van der Waals surface area contributed by atoms with E-state index in [9.17, 15) is 8.42 Å². The van der Waals surface area contributed by atoms with Gasteiger partial charge in [0.15, 0.2) is 0 Å². The topological polar surface area (TPSA) is 43.9 Å². The first-order valence-corrected chi connectivity index (χ1v) is 10.4. The van der Waals surface area contributed by atoms with Crippen molar-refractivity contribution in [3.8, 4) is 0 Å². The summed E-state index contributed by atoms with van der Waals surface area (Å²) in [6.45, 7) is 9.35. The maximum atomic E-state index is 12.8. The molecule has 0 atom stereocenters. The smallest absolute Gasteiger partial charge is 0.282 e. The van der Waals surface area contributed by atoms with Crippen LogP contribution in [-0.4, -0.2) is 61.2 Å². The molecule has 2 fully saturated rings. The molecule has 25 heavy (non-hydrogen) atoms. The number of piperazine rings is 1. The van der Waals surface area contributed by atoms with E-state index in [1.54, 1.807) is 8.61 Å². The highest BCUT2D eigenvalue weighted by Gasteiger charge is 2.33. The number of halogens is 1. The fourth-order valence-electron chi connectivity index (χ4n) is 3.57. The second-order valence-electron chi connectivity index (χ2n) is 7.25. The summed E-state index contributed by atoms with van der Waals surface area (Å²) in [5, 5.41) is 0. The monoisotopic (exact) mass is 387 g/mol. The standard InChI is InChI=1S/C18H29N3O2S.ClH/c1-16-6-8-20(9-7-16)24(22,23)21-12-10-19(11-13-21)15-18-5-3-4-17(2)14-18;/h3-5,14,16H,6-13,15H2,1-2H3;1H. The van der Waals surface area contributed by atoms with Crippen molar-refractivity contribution in [1.29, 1.82) is 0 Å². The Morgan fingerprint density at radius 1 is 1.00 bits per heavy atom. The van der Waals surface area contributed by atoms with Gasteiger partial charge in [-0.25, -0.2) is 0 Å². The Morgan fingerprint density at radius 2 is 1.60 bits per heavy atom. The normalized spacial score (nSPS) is 21.8. The van der Waals surface area contributed by atoms with Crippen molar-refractivity contribution in [2.24, 2.45) is 5.92 Å². The fraction of sp³-hybridized carbons (Fsp3) is 0.667. The third kappa shape index (κ3) is 5.17. The van der Waals surface area contributed by atoms with Crippen molar-refractivity contribution in [2.45, 2.75) is 33.2 Å². The van der Waals surface area contributed by atoms with Crippen molar-refractivity contribution in [1.82, 2.24) is 13.5 Å². The van der Waals surface area contributed by atoms with E-state index in [4.69, 9.17) is 0 Å². The molecule has 0 amide bonds. The molecule has 0 bridgehead atoms. The van der Waals surface area contributed by atoms with E-state index in [0.717, 1.165) is 32.5 Å². The average Bonchev–Trinajstić information content (AvgIpc) is 2.56. The molecule has 0 spiro atoms. The van der Waals surface area contributed by atoms with Gasteiger partial charge < -0.3 is 0 Å². The van der Waals surface area contributed by atoms with Gasteiger partial charge in [-0.3, -0.25) is 4.90 Å². The van der Waals surface area contributed by atoms with E-state index < -0.39 is 10.2 Å². The van der Waals surface area contributed by atoms with E-state index in [1.165, 1.54) is 11.1 Å². The van der Waals surface area contributed by atoms with Gasteiger partial charge in [0.25, 0.3) is 10.2 Å². The lowest BCUT2D eigenvalue weighted by Gasteiger charge is -2.38. The summed E-state index contributed by atoms with van der Waals surface area (Å²) in [6.07, 6.45) is 1.96. The molecule has 0 aromatic heterocycles. The zero-order valence-corrected chi connectivity index (χ0v) is 16.9. The Kier molecular flexibility index (Phi) is 7.29. The second-order valence-corrected chi connectivity index (χ2v) is 9.18. The molecular formula is C18H30ClN3O2S. The lowest BCUT2D eigenvalue weighted by molar-refractivity contribution is 0.170. The fourth-order valence-corrected chi connectivity index (χ4v) is 5.19. The Balaban J connectivity index is 0.00000225. The van der Waals surface area contributed by atoms with Crippen LogP contribution in [0.2, 0.25) is 0 Å². The lowest BCUT2D eigenvalue weighted by atomic mass is 10.0. The molecule has 0 N–H and O–H groups in total.